The lowest BCUT2D eigenvalue weighted by Gasteiger charge is -1.72. The van der Waals surface area contributed by atoms with Crippen LogP contribution in [0.15, 0.2) is 16.6 Å². The highest BCUT2D eigenvalue weighted by Crippen LogP contribution is 2.14. The van der Waals surface area contributed by atoms with Gasteiger partial charge in [0.05, 0.1) is 0 Å². The van der Waals surface area contributed by atoms with Crippen LogP contribution >= 0.6 is 27.3 Å². The second kappa shape index (κ2) is 2.42. The molecule has 1 aromatic heterocycles. The molecule has 0 spiro atoms. The van der Waals surface area contributed by atoms with Gasteiger partial charge in [0.15, 0.2) is 0 Å². The van der Waals surface area contributed by atoms with Gasteiger partial charge in [0.2, 0.25) is 0 Å². The minimum absolute atomic E-state index is 0.886. The zero-order chi connectivity index (χ0) is 5.98. The second-order valence-corrected chi connectivity index (χ2v) is 2.91. The molecule has 1 rings (SSSR count). The first kappa shape index (κ1) is 5.98. The zero-order valence-electron chi connectivity index (χ0n) is 4.10. The molecule has 0 amide bonds. The van der Waals surface area contributed by atoms with Gasteiger partial charge in [-0.05, 0) is 22.0 Å². The molecular formula is C5H4BrNS. The zero-order valence-corrected chi connectivity index (χ0v) is 6.50. The van der Waals surface area contributed by atoms with Crippen LogP contribution in [0.5, 0.6) is 0 Å². The molecule has 0 saturated heterocycles. The molecule has 0 fully saturated rings. The van der Waals surface area contributed by atoms with Gasteiger partial charge in [-0.25, -0.2) is 4.98 Å². The van der Waals surface area contributed by atoms with Gasteiger partial charge >= 0.3 is 0 Å². The van der Waals surface area contributed by atoms with Crippen molar-refractivity contribution in [3.63, 3.8) is 0 Å². The minimum Gasteiger partial charge on any atom is -0.230 e. The molecule has 8 heavy (non-hydrogen) atoms. The van der Waals surface area contributed by atoms with Crippen molar-refractivity contribution in [1.82, 2.24) is 4.98 Å². The molecule has 0 radical (unpaired) electrons. The van der Waals surface area contributed by atoms with Gasteiger partial charge in [-0.2, -0.15) is 0 Å². The third kappa shape index (κ3) is 1.17. The molecule has 0 aliphatic rings. The van der Waals surface area contributed by atoms with E-state index in [4.69, 9.17) is 0 Å². The summed E-state index contributed by atoms with van der Waals surface area (Å²) in [6.07, 6.45) is 1.73. The molecule has 0 N–H and O–H groups in total. The van der Waals surface area contributed by atoms with E-state index < -0.39 is 0 Å². The summed E-state index contributed by atoms with van der Waals surface area (Å²) in [5, 5.41) is 2.88. The van der Waals surface area contributed by atoms with Crippen LogP contribution in [0.3, 0.4) is 0 Å². The summed E-state index contributed by atoms with van der Waals surface area (Å²) >= 11 is 4.80. The van der Waals surface area contributed by atoms with E-state index in [1.165, 1.54) is 0 Å². The second-order valence-electron chi connectivity index (χ2n) is 1.21. The Morgan fingerprint density at radius 3 is 2.88 bits per heavy atom. The Morgan fingerprint density at radius 2 is 2.62 bits per heavy atom. The number of halogens is 1. The molecule has 0 aliphatic carbocycles. The summed E-state index contributed by atoms with van der Waals surface area (Å²) in [5.74, 6) is 0. The average molecular weight is 190 g/mol. The fourth-order valence-electron chi connectivity index (χ4n) is 0.361. The Kier molecular flexibility index (Phi) is 1.81. The highest BCUT2D eigenvalue weighted by molar-refractivity contribution is 9.10. The van der Waals surface area contributed by atoms with Crippen molar-refractivity contribution in [2.24, 2.45) is 0 Å². The largest absolute Gasteiger partial charge is 0.230 e. The summed E-state index contributed by atoms with van der Waals surface area (Å²) in [6, 6.07) is 0. The van der Waals surface area contributed by atoms with E-state index in [9.17, 15) is 0 Å². The first-order chi connectivity index (χ1) is 3.83. The standard InChI is InChI=1S/C5H4BrNS/c1-2-5-7-4(6)3-8-5/h2-3H,1H2. The van der Waals surface area contributed by atoms with Crippen molar-refractivity contribution >= 4 is 33.3 Å². The van der Waals surface area contributed by atoms with Crippen molar-refractivity contribution in [2.45, 2.75) is 0 Å². The molecule has 0 aromatic carbocycles. The topological polar surface area (TPSA) is 12.9 Å². The maximum Gasteiger partial charge on any atom is 0.117 e. The quantitative estimate of drug-likeness (QED) is 0.663. The molecule has 0 aliphatic heterocycles. The average Bonchev–Trinajstić information content (AvgIpc) is 2.14. The van der Waals surface area contributed by atoms with Crippen LogP contribution in [-0.2, 0) is 0 Å². The summed E-state index contributed by atoms with van der Waals surface area (Å²) in [7, 11) is 0. The molecule has 3 heteroatoms. The van der Waals surface area contributed by atoms with E-state index in [1.54, 1.807) is 17.4 Å². The number of thiazole rings is 1. The van der Waals surface area contributed by atoms with E-state index in [1.807, 2.05) is 5.38 Å². The molecule has 0 unspecified atom stereocenters. The summed E-state index contributed by atoms with van der Waals surface area (Å²) in [6.45, 7) is 3.57. The van der Waals surface area contributed by atoms with E-state index >= 15 is 0 Å². The van der Waals surface area contributed by atoms with E-state index in [0.717, 1.165) is 9.61 Å². The maximum atomic E-state index is 4.05. The lowest BCUT2D eigenvalue weighted by atomic mass is 10.7. The van der Waals surface area contributed by atoms with Crippen molar-refractivity contribution < 1.29 is 0 Å². The fraction of sp³-hybridized carbons (Fsp3) is 0. The van der Waals surface area contributed by atoms with Crippen molar-refractivity contribution in [3.8, 4) is 0 Å². The molecule has 0 atom stereocenters. The van der Waals surface area contributed by atoms with Crippen LogP contribution in [0.1, 0.15) is 5.01 Å². The van der Waals surface area contributed by atoms with Crippen LogP contribution in [0.4, 0.5) is 0 Å². The van der Waals surface area contributed by atoms with Crippen LogP contribution in [0, 0.1) is 0 Å². The van der Waals surface area contributed by atoms with Gasteiger partial charge in [-0.3, -0.25) is 0 Å². The molecule has 1 aromatic rings. The number of hydrogen-bond acceptors (Lipinski definition) is 2. The van der Waals surface area contributed by atoms with Gasteiger partial charge in [-0.15, -0.1) is 11.3 Å². The van der Waals surface area contributed by atoms with Crippen LogP contribution in [-0.4, -0.2) is 4.98 Å². The number of rotatable bonds is 1. The van der Waals surface area contributed by atoms with E-state index in [-0.39, 0.29) is 0 Å². The van der Waals surface area contributed by atoms with Crippen LogP contribution in [0.2, 0.25) is 0 Å². The Balaban J connectivity index is 3.00. The first-order valence-corrected chi connectivity index (χ1v) is 3.73. The summed E-state index contributed by atoms with van der Waals surface area (Å²) in [5.41, 5.74) is 0. The van der Waals surface area contributed by atoms with E-state index in [0.29, 0.717) is 0 Å². The van der Waals surface area contributed by atoms with Crippen LogP contribution < -0.4 is 0 Å². The lowest BCUT2D eigenvalue weighted by Crippen LogP contribution is -1.62. The van der Waals surface area contributed by atoms with E-state index in [2.05, 4.69) is 27.5 Å². The number of hydrogen-bond donors (Lipinski definition) is 0. The summed E-state index contributed by atoms with van der Waals surface area (Å²) < 4.78 is 0.886. The third-order valence-corrected chi connectivity index (χ3v) is 2.22. The molecule has 0 bridgehead atoms. The van der Waals surface area contributed by atoms with Gasteiger partial charge < -0.3 is 0 Å². The molecule has 1 heterocycles. The van der Waals surface area contributed by atoms with Gasteiger partial charge in [0.1, 0.15) is 9.61 Å². The third-order valence-electron chi connectivity index (χ3n) is 0.669. The fourth-order valence-corrected chi connectivity index (χ4v) is 1.47. The monoisotopic (exact) mass is 189 g/mol. The smallest absolute Gasteiger partial charge is 0.117 e. The minimum atomic E-state index is 0.886. The van der Waals surface area contributed by atoms with Gasteiger partial charge in [0.25, 0.3) is 0 Å². The first-order valence-electron chi connectivity index (χ1n) is 2.06. The molecule has 1 nitrogen and oxygen atoms in total. The normalized spacial score (nSPS) is 9.12. The number of aromatic nitrogens is 1. The molecular weight excluding hydrogens is 186 g/mol. The highest BCUT2D eigenvalue weighted by Gasteiger charge is 1.90. The predicted octanol–water partition coefficient (Wildman–Crippen LogP) is 2.55. The van der Waals surface area contributed by atoms with Crippen LogP contribution in [0.25, 0.3) is 6.08 Å². The Morgan fingerprint density at radius 1 is 1.88 bits per heavy atom. The molecule has 42 valence electrons. The highest BCUT2D eigenvalue weighted by atomic mass is 79.9. The molecule has 0 saturated carbocycles. The Bertz CT molecular complexity index is 194. The number of nitrogens with zero attached hydrogens (tertiary/aromatic N) is 1. The predicted molar refractivity (Wildman–Crippen MR) is 39.9 cm³/mol. The maximum absolute atomic E-state index is 4.05. The van der Waals surface area contributed by atoms with Gasteiger partial charge in [-0.1, -0.05) is 6.58 Å². The van der Waals surface area contributed by atoms with Gasteiger partial charge in [0, 0.05) is 5.38 Å². The summed E-state index contributed by atoms with van der Waals surface area (Å²) in [4.78, 5) is 4.05. The Hall–Kier alpha value is -0.150. The Labute approximate surface area is 60.2 Å². The van der Waals surface area contributed by atoms with Crippen molar-refractivity contribution in [3.05, 3.63) is 21.6 Å². The lowest BCUT2D eigenvalue weighted by molar-refractivity contribution is 1.34. The van der Waals surface area contributed by atoms with Crippen molar-refractivity contribution in [2.75, 3.05) is 0 Å². The van der Waals surface area contributed by atoms with Crippen molar-refractivity contribution in [1.29, 1.82) is 0 Å². The SMILES string of the molecule is C=Cc1nc(Br)cs1.